The van der Waals surface area contributed by atoms with E-state index in [0.29, 0.717) is 45.4 Å². The predicted molar refractivity (Wildman–Crippen MR) is 140 cm³/mol. The Balaban J connectivity index is 1.94. The molecule has 0 bridgehead atoms. The molecule has 35 heavy (non-hydrogen) atoms. The van der Waals surface area contributed by atoms with Crippen LogP contribution in [-0.2, 0) is 9.59 Å². The lowest BCUT2D eigenvalue weighted by atomic mass is 9.71. The molecule has 0 fully saturated rings. The third-order valence-corrected chi connectivity index (χ3v) is 6.40. The Bertz CT molecular complexity index is 1250. The highest BCUT2D eigenvalue weighted by Crippen LogP contribution is 2.41. The molecular formula is C30H34N2O3. The first-order chi connectivity index (χ1) is 16.3. The monoisotopic (exact) mass is 470 g/mol. The largest absolute Gasteiger partial charge is 0.463 e. The van der Waals surface area contributed by atoms with Crippen molar-refractivity contribution in [3.05, 3.63) is 88.4 Å². The zero-order valence-electron chi connectivity index (χ0n) is 21.9. The van der Waals surface area contributed by atoms with Gasteiger partial charge in [0.2, 0.25) is 0 Å². The predicted octanol–water partition coefficient (Wildman–Crippen LogP) is 6.98. The van der Waals surface area contributed by atoms with E-state index >= 15 is 0 Å². The van der Waals surface area contributed by atoms with Gasteiger partial charge in [-0.3, -0.25) is 9.59 Å². The number of rotatable bonds is 3. The molecule has 4 rings (SSSR count). The quantitative estimate of drug-likeness (QED) is 0.455. The van der Waals surface area contributed by atoms with Crippen molar-refractivity contribution < 1.29 is 14.0 Å². The van der Waals surface area contributed by atoms with Crippen LogP contribution in [0.25, 0.3) is 0 Å². The van der Waals surface area contributed by atoms with E-state index in [9.17, 15) is 9.59 Å². The standard InChI is InChI=1S/C30H34N2O3/c1-18(2)19-11-13-21(14-12-19)32-28(34)25(26(31-32)24-10-9-15-35-24)20-16-22(29(3,4)5)27(33)23(17-20)30(6,7)8/h9-18H,1-8H3. The van der Waals surface area contributed by atoms with Crippen LogP contribution in [0.15, 0.2) is 86.6 Å². The van der Waals surface area contributed by atoms with E-state index in [0.717, 1.165) is 0 Å². The SMILES string of the molecule is CC(C)c1ccc(N2N=C(c3ccco3)C(=C3C=C(C(C)(C)C)C(=O)C(C(C)(C)C)=C3)C2=O)cc1. The lowest BCUT2D eigenvalue weighted by Crippen LogP contribution is -2.29. The summed E-state index contributed by atoms with van der Waals surface area (Å²) >= 11 is 0. The van der Waals surface area contributed by atoms with Gasteiger partial charge in [0.1, 0.15) is 5.71 Å². The summed E-state index contributed by atoms with van der Waals surface area (Å²) in [7, 11) is 0. The zero-order chi connectivity index (χ0) is 25.7. The van der Waals surface area contributed by atoms with E-state index in [2.05, 4.69) is 13.8 Å². The van der Waals surface area contributed by atoms with Gasteiger partial charge in [0, 0.05) is 11.1 Å². The number of ketones is 1. The van der Waals surface area contributed by atoms with Crippen LogP contribution in [0.3, 0.4) is 0 Å². The average Bonchev–Trinajstić information content (AvgIpc) is 3.40. The molecular weight excluding hydrogens is 436 g/mol. The van der Waals surface area contributed by atoms with Gasteiger partial charge in [-0.05, 0) is 64.3 Å². The number of hydrogen-bond donors (Lipinski definition) is 0. The Morgan fingerprint density at radius 3 is 1.89 bits per heavy atom. The van der Waals surface area contributed by atoms with Gasteiger partial charge in [-0.25, -0.2) is 0 Å². The normalized spacial score (nSPS) is 17.3. The van der Waals surface area contributed by atoms with Gasteiger partial charge < -0.3 is 4.42 Å². The first-order valence-corrected chi connectivity index (χ1v) is 12.1. The Labute approximate surface area is 207 Å². The van der Waals surface area contributed by atoms with Crippen molar-refractivity contribution in [3.63, 3.8) is 0 Å². The van der Waals surface area contributed by atoms with Crippen LogP contribution in [-0.4, -0.2) is 17.4 Å². The van der Waals surface area contributed by atoms with Crippen molar-refractivity contribution in [2.45, 2.75) is 61.3 Å². The summed E-state index contributed by atoms with van der Waals surface area (Å²) in [6.07, 6.45) is 5.28. The van der Waals surface area contributed by atoms with Crippen LogP contribution < -0.4 is 5.01 Å². The molecule has 0 atom stereocenters. The van der Waals surface area contributed by atoms with E-state index in [1.165, 1.54) is 10.6 Å². The number of hydrazone groups is 1. The molecule has 0 saturated heterocycles. The van der Waals surface area contributed by atoms with Crippen LogP contribution in [0.2, 0.25) is 0 Å². The molecule has 2 heterocycles. The minimum absolute atomic E-state index is 0.0254. The van der Waals surface area contributed by atoms with Crippen molar-refractivity contribution in [2.75, 3.05) is 5.01 Å². The fourth-order valence-corrected chi connectivity index (χ4v) is 4.31. The Morgan fingerprint density at radius 2 is 1.43 bits per heavy atom. The number of carbonyl (C=O) groups is 2. The van der Waals surface area contributed by atoms with E-state index in [1.54, 1.807) is 18.4 Å². The molecule has 5 nitrogen and oxygen atoms in total. The maximum Gasteiger partial charge on any atom is 0.281 e. The molecule has 5 heteroatoms. The lowest BCUT2D eigenvalue weighted by Gasteiger charge is -2.31. The number of nitrogens with zero attached hydrogens (tertiary/aromatic N) is 2. The van der Waals surface area contributed by atoms with E-state index in [1.807, 2.05) is 78.0 Å². The summed E-state index contributed by atoms with van der Waals surface area (Å²) < 4.78 is 5.68. The molecule has 1 aromatic heterocycles. The fraction of sp³-hybridized carbons (Fsp3) is 0.367. The van der Waals surface area contributed by atoms with Gasteiger partial charge in [0.15, 0.2) is 11.5 Å². The summed E-state index contributed by atoms with van der Waals surface area (Å²) in [5.74, 6) is 0.680. The van der Waals surface area contributed by atoms with Crippen molar-refractivity contribution >= 4 is 23.1 Å². The summed E-state index contributed by atoms with van der Waals surface area (Å²) in [5.41, 5.74) is 4.04. The molecule has 0 N–H and O–H groups in total. The molecule has 0 saturated carbocycles. The molecule has 2 aliphatic rings. The number of benzene rings is 1. The van der Waals surface area contributed by atoms with Crippen molar-refractivity contribution in [1.29, 1.82) is 0 Å². The number of Topliss-reactive ketones (excluding diaryl/α,β-unsaturated/α-hetero) is 1. The van der Waals surface area contributed by atoms with Gasteiger partial charge in [-0.15, -0.1) is 0 Å². The van der Waals surface area contributed by atoms with Crippen LogP contribution in [0.1, 0.15) is 72.6 Å². The number of carbonyl (C=O) groups excluding carboxylic acids is 2. The highest BCUT2D eigenvalue weighted by atomic mass is 16.3. The van der Waals surface area contributed by atoms with Crippen LogP contribution >= 0.6 is 0 Å². The number of hydrogen-bond acceptors (Lipinski definition) is 4. The van der Waals surface area contributed by atoms with Gasteiger partial charge in [0.05, 0.1) is 17.5 Å². The van der Waals surface area contributed by atoms with Crippen LogP contribution in [0.5, 0.6) is 0 Å². The van der Waals surface area contributed by atoms with E-state index < -0.39 is 0 Å². The first-order valence-electron chi connectivity index (χ1n) is 12.1. The van der Waals surface area contributed by atoms with Crippen molar-refractivity contribution in [3.8, 4) is 0 Å². The fourth-order valence-electron chi connectivity index (χ4n) is 4.31. The number of amides is 1. The molecule has 1 aliphatic carbocycles. The molecule has 1 aromatic carbocycles. The van der Waals surface area contributed by atoms with Crippen molar-refractivity contribution in [2.24, 2.45) is 15.9 Å². The number of anilines is 1. The molecule has 1 aliphatic heterocycles. The lowest BCUT2D eigenvalue weighted by molar-refractivity contribution is -0.115. The molecule has 0 spiro atoms. The van der Waals surface area contributed by atoms with E-state index in [-0.39, 0.29) is 22.5 Å². The topological polar surface area (TPSA) is 62.9 Å². The second-order valence-corrected chi connectivity index (χ2v) is 11.6. The minimum atomic E-state index is -0.385. The highest BCUT2D eigenvalue weighted by molar-refractivity contribution is 6.35. The maximum absolute atomic E-state index is 13.9. The summed E-state index contributed by atoms with van der Waals surface area (Å²) in [5, 5.41) is 6.14. The summed E-state index contributed by atoms with van der Waals surface area (Å²) in [6, 6.07) is 11.5. The third-order valence-electron chi connectivity index (χ3n) is 6.40. The maximum atomic E-state index is 13.9. The van der Waals surface area contributed by atoms with Gasteiger partial charge >= 0.3 is 0 Å². The molecule has 2 aromatic rings. The minimum Gasteiger partial charge on any atom is -0.463 e. The third kappa shape index (κ3) is 4.60. The Hall–Kier alpha value is -3.47. The van der Waals surface area contributed by atoms with Gasteiger partial charge in [-0.2, -0.15) is 10.1 Å². The second kappa shape index (κ2) is 8.63. The smallest absolute Gasteiger partial charge is 0.281 e. The molecule has 0 radical (unpaired) electrons. The average molecular weight is 471 g/mol. The molecule has 0 unspecified atom stereocenters. The van der Waals surface area contributed by atoms with Gasteiger partial charge in [-0.1, -0.05) is 67.5 Å². The van der Waals surface area contributed by atoms with Crippen LogP contribution in [0, 0.1) is 10.8 Å². The Morgan fingerprint density at radius 1 is 0.857 bits per heavy atom. The number of furan rings is 1. The van der Waals surface area contributed by atoms with Crippen LogP contribution in [0.4, 0.5) is 5.69 Å². The molecule has 182 valence electrons. The molecule has 1 amide bonds. The zero-order valence-corrected chi connectivity index (χ0v) is 21.9. The Kier molecular flexibility index (Phi) is 6.08. The highest BCUT2D eigenvalue weighted by Gasteiger charge is 2.39. The first kappa shape index (κ1) is 24.6. The van der Waals surface area contributed by atoms with Crippen molar-refractivity contribution in [1.82, 2.24) is 0 Å². The number of allylic oxidation sites excluding steroid dienone is 5. The summed E-state index contributed by atoms with van der Waals surface area (Å²) in [6.45, 7) is 16.4. The van der Waals surface area contributed by atoms with Gasteiger partial charge in [0.25, 0.3) is 5.91 Å². The summed E-state index contributed by atoms with van der Waals surface area (Å²) in [4.78, 5) is 27.3. The second-order valence-electron chi connectivity index (χ2n) is 11.6. The van der Waals surface area contributed by atoms with E-state index in [4.69, 9.17) is 9.52 Å².